The van der Waals surface area contributed by atoms with Crippen molar-refractivity contribution >= 4 is 21.8 Å². The minimum atomic E-state index is 0. The zero-order chi connectivity index (χ0) is 26.8. The van der Waals surface area contributed by atoms with E-state index in [1.807, 2.05) is 60.3 Å². The van der Waals surface area contributed by atoms with Gasteiger partial charge in [-0.1, -0.05) is 76.2 Å². The van der Waals surface area contributed by atoms with Gasteiger partial charge in [-0.15, -0.1) is 34.9 Å². The van der Waals surface area contributed by atoms with Crippen molar-refractivity contribution in [3.8, 4) is 28.4 Å². The van der Waals surface area contributed by atoms with Gasteiger partial charge in [0.1, 0.15) is 11.6 Å². The zero-order valence-electron chi connectivity index (χ0n) is 22.9. The fraction of sp³-hybridized carbons (Fsp3) is 0.176. The van der Waals surface area contributed by atoms with Gasteiger partial charge in [0.2, 0.25) is 0 Å². The van der Waals surface area contributed by atoms with Crippen LogP contribution in [0.5, 0.6) is 5.75 Å². The van der Waals surface area contributed by atoms with Crippen molar-refractivity contribution in [1.82, 2.24) is 14.5 Å². The molecule has 2 aromatic heterocycles. The number of nitrogens with zero attached hydrogens (tertiary/aromatic N) is 3. The van der Waals surface area contributed by atoms with Crippen LogP contribution in [0.4, 0.5) is 0 Å². The third-order valence-corrected chi connectivity index (χ3v) is 6.78. The Morgan fingerprint density at radius 1 is 0.846 bits per heavy atom. The topological polar surface area (TPSA) is 50.9 Å². The summed E-state index contributed by atoms with van der Waals surface area (Å²) in [6, 6.07) is 31.5. The van der Waals surface area contributed by atoms with Crippen LogP contribution in [0.15, 0.2) is 91.1 Å². The van der Waals surface area contributed by atoms with E-state index in [0.717, 1.165) is 39.2 Å². The maximum Gasteiger partial charge on any atom is 0.144 e. The maximum atomic E-state index is 9.86. The van der Waals surface area contributed by atoms with Crippen molar-refractivity contribution in [1.29, 1.82) is 0 Å². The summed E-state index contributed by atoms with van der Waals surface area (Å²) >= 11 is 0. The molecule has 0 aliphatic heterocycles. The average molecular weight is 691 g/mol. The number of aromatic hydroxyl groups is 1. The number of imidazole rings is 1. The standard InChI is InChI=1S/C20H20N.C14H12N2O.Ir/c1-13(2)19-12-21-20(18-8-6-5-7-17(18)19)16-10-14(3)9-15(4)11-16;1-16-12-8-4-3-7-11(12)15-14(16)10-6-2-5-9-13(10)17;/h5-10,12-13H,1-4H3;2-9,17H,1H3;/q-1;;. The first-order chi connectivity index (χ1) is 18.3. The molecule has 4 nitrogen and oxygen atoms in total. The molecule has 39 heavy (non-hydrogen) atoms. The van der Waals surface area contributed by atoms with Crippen LogP contribution in [0, 0.1) is 19.9 Å². The molecule has 0 aliphatic carbocycles. The van der Waals surface area contributed by atoms with E-state index in [2.05, 4.69) is 75.1 Å². The second kappa shape index (κ2) is 11.9. The van der Waals surface area contributed by atoms with E-state index in [4.69, 9.17) is 4.98 Å². The van der Waals surface area contributed by atoms with Gasteiger partial charge in [0.05, 0.1) is 16.6 Å². The summed E-state index contributed by atoms with van der Waals surface area (Å²) in [7, 11) is 1.96. The van der Waals surface area contributed by atoms with E-state index in [9.17, 15) is 5.11 Å². The predicted octanol–water partition coefficient (Wildman–Crippen LogP) is 8.39. The molecule has 199 valence electrons. The Morgan fingerprint density at radius 2 is 1.51 bits per heavy atom. The van der Waals surface area contributed by atoms with Crippen molar-refractivity contribution in [3.05, 3.63) is 114 Å². The molecule has 0 amide bonds. The van der Waals surface area contributed by atoms with Crippen molar-refractivity contribution in [2.45, 2.75) is 33.6 Å². The van der Waals surface area contributed by atoms with Gasteiger partial charge in [-0.2, -0.15) is 0 Å². The third-order valence-electron chi connectivity index (χ3n) is 6.78. The van der Waals surface area contributed by atoms with Crippen LogP contribution in [0.25, 0.3) is 44.5 Å². The van der Waals surface area contributed by atoms with Crippen LogP contribution in [0.2, 0.25) is 0 Å². The number of aromatic nitrogens is 3. The van der Waals surface area contributed by atoms with Crippen molar-refractivity contribution in [2.75, 3.05) is 0 Å². The van der Waals surface area contributed by atoms with E-state index >= 15 is 0 Å². The number of phenols is 1. The summed E-state index contributed by atoms with van der Waals surface area (Å²) in [5.41, 5.74) is 8.58. The number of hydrogen-bond acceptors (Lipinski definition) is 3. The molecule has 0 aliphatic rings. The first-order valence-corrected chi connectivity index (χ1v) is 12.9. The fourth-order valence-corrected chi connectivity index (χ4v) is 4.96. The summed E-state index contributed by atoms with van der Waals surface area (Å²) in [6.45, 7) is 8.63. The Kier molecular flexibility index (Phi) is 8.64. The molecule has 0 unspecified atom stereocenters. The molecular weight excluding hydrogens is 659 g/mol. The Balaban J connectivity index is 0.000000180. The molecule has 0 atom stereocenters. The van der Waals surface area contributed by atoms with Gasteiger partial charge in [-0.3, -0.25) is 0 Å². The quantitative estimate of drug-likeness (QED) is 0.190. The third kappa shape index (κ3) is 5.80. The molecule has 0 fully saturated rings. The average Bonchev–Trinajstić information content (AvgIpc) is 3.24. The number of fused-ring (bicyclic) bond motifs is 2. The van der Waals surface area contributed by atoms with Gasteiger partial charge >= 0.3 is 0 Å². The van der Waals surface area contributed by atoms with E-state index in [1.165, 1.54) is 21.9 Å². The van der Waals surface area contributed by atoms with Gasteiger partial charge in [0.15, 0.2) is 0 Å². The summed E-state index contributed by atoms with van der Waals surface area (Å²) in [4.78, 5) is 9.30. The number of phenolic OH excluding ortho intramolecular Hbond substituents is 1. The molecule has 6 aromatic rings. The Labute approximate surface area is 243 Å². The summed E-state index contributed by atoms with van der Waals surface area (Å²) in [5, 5.41) is 12.4. The first-order valence-electron chi connectivity index (χ1n) is 12.9. The monoisotopic (exact) mass is 691 g/mol. The molecule has 2 heterocycles. The first kappa shape index (κ1) is 28.2. The molecule has 0 bridgehead atoms. The number of aryl methyl sites for hydroxylation is 3. The smallest absolute Gasteiger partial charge is 0.144 e. The van der Waals surface area contributed by atoms with Crippen LogP contribution in [-0.4, -0.2) is 19.6 Å². The van der Waals surface area contributed by atoms with Crippen LogP contribution in [-0.2, 0) is 27.2 Å². The maximum absolute atomic E-state index is 9.86. The summed E-state index contributed by atoms with van der Waals surface area (Å²) in [6.07, 6.45) is 2.02. The number of benzene rings is 4. The predicted molar refractivity (Wildman–Crippen MR) is 157 cm³/mol. The second-order valence-electron chi connectivity index (χ2n) is 10.0. The molecule has 5 heteroatoms. The van der Waals surface area contributed by atoms with Crippen LogP contribution >= 0.6 is 0 Å². The normalized spacial score (nSPS) is 10.8. The van der Waals surface area contributed by atoms with Crippen LogP contribution in [0.3, 0.4) is 0 Å². The molecular formula is C34H32IrN3O-. The van der Waals surface area contributed by atoms with Gasteiger partial charge in [0.25, 0.3) is 0 Å². The Bertz CT molecular complexity index is 1730. The second-order valence-corrected chi connectivity index (χ2v) is 10.0. The fourth-order valence-electron chi connectivity index (χ4n) is 4.96. The minimum Gasteiger partial charge on any atom is -0.507 e. The molecule has 0 spiro atoms. The van der Waals surface area contributed by atoms with E-state index in [-0.39, 0.29) is 25.9 Å². The molecule has 1 radical (unpaired) electrons. The minimum absolute atomic E-state index is 0. The number of rotatable bonds is 3. The SMILES string of the molecule is Cc1[c-]c(-c2ncc(C(C)C)c3ccccc23)cc(C)c1.Cn1c(-c2ccccc2O)nc2ccccc21.[Ir]. The molecule has 6 rings (SSSR count). The van der Waals surface area contributed by atoms with Gasteiger partial charge in [0, 0.05) is 33.3 Å². The Hall–Kier alpha value is -3.79. The van der Waals surface area contributed by atoms with Crippen LogP contribution in [0.1, 0.15) is 36.5 Å². The number of pyridine rings is 1. The van der Waals surface area contributed by atoms with Gasteiger partial charge in [-0.25, -0.2) is 4.98 Å². The molecule has 0 saturated heterocycles. The largest absolute Gasteiger partial charge is 0.507 e. The summed E-state index contributed by atoms with van der Waals surface area (Å²) in [5.74, 6) is 1.51. The molecule has 0 saturated carbocycles. The zero-order valence-corrected chi connectivity index (χ0v) is 25.3. The van der Waals surface area contributed by atoms with E-state index in [0.29, 0.717) is 5.92 Å². The van der Waals surface area contributed by atoms with Gasteiger partial charge < -0.3 is 14.7 Å². The molecule has 4 aromatic carbocycles. The number of hydrogen-bond donors (Lipinski definition) is 1. The van der Waals surface area contributed by atoms with Crippen molar-refractivity contribution in [3.63, 3.8) is 0 Å². The van der Waals surface area contributed by atoms with E-state index in [1.54, 1.807) is 6.07 Å². The van der Waals surface area contributed by atoms with Gasteiger partial charge in [-0.05, 0) is 52.2 Å². The number of para-hydroxylation sites is 3. The molecule has 1 N–H and O–H groups in total. The Morgan fingerprint density at radius 3 is 2.21 bits per heavy atom. The summed E-state index contributed by atoms with van der Waals surface area (Å²) < 4.78 is 1.99. The van der Waals surface area contributed by atoms with Crippen molar-refractivity contribution < 1.29 is 25.2 Å². The van der Waals surface area contributed by atoms with Crippen LogP contribution < -0.4 is 0 Å². The van der Waals surface area contributed by atoms with E-state index < -0.39 is 0 Å². The van der Waals surface area contributed by atoms with Crippen molar-refractivity contribution in [2.24, 2.45) is 7.05 Å².